The number of aromatic nitrogens is 1. The second-order valence-electron chi connectivity index (χ2n) is 5.12. The van der Waals surface area contributed by atoms with E-state index in [1.165, 1.54) is 0 Å². The summed E-state index contributed by atoms with van der Waals surface area (Å²) < 4.78 is 5.57. The van der Waals surface area contributed by atoms with Crippen LogP contribution in [0.2, 0.25) is 0 Å². The molecule has 1 aromatic heterocycles. The molecule has 2 aliphatic rings. The van der Waals surface area contributed by atoms with Crippen molar-refractivity contribution in [1.82, 2.24) is 15.2 Å². The fourth-order valence-electron chi connectivity index (χ4n) is 2.37. The first-order chi connectivity index (χ1) is 9.34. The largest absolute Gasteiger partial charge is 0.366 e. The van der Waals surface area contributed by atoms with Crippen LogP contribution in [-0.2, 0) is 16.1 Å². The van der Waals surface area contributed by atoms with Crippen molar-refractivity contribution in [2.75, 3.05) is 19.7 Å². The van der Waals surface area contributed by atoms with Crippen molar-refractivity contribution in [3.63, 3.8) is 0 Å². The standard InChI is InChI=1S/C14H19N3O2/c18-14(13-9-16-6-7-19-13)17(12-3-4-12)10-11-2-1-5-15-8-11/h1-2,5,8,12-13,16H,3-4,6-7,9-10H2. The van der Waals surface area contributed by atoms with Crippen molar-refractivity contribution in [2.24, 2.45) is 0 Å². The minimum Gasteiger partial charge on any atom is -0.366 e. The number of nitrogens with one attached hydrogen (secondary N) is 1. The van der Waals surface area contributed by atoms with E-state index >= 15 is 0 Å². The first-order valence-electron chi connectivity index (χ1n) is 6.86. The molecule has 102 valence electrons. The van der Waals surface area contributed by atoms with Crippen LogP contribution in [-0.4, -0.2) is 47.6 Å². The normalized spacial score (nSPS) is 23.1. The summed E-state index contributed by atoms with van der Waals surface area (Å²) in [4.78, 5) is 18.6. The van der Waals surface area contributed by atoms with Crippen molar-refractivity contribution in [3.8, 4) is 0 Å². The third kappa shape index (κ3) is 3.11. The summed E-state index contributed by atoms with van der Waals surface area (Å²) in [5.41, 5.74) is 1.08. The number of amides is 1. The number of rotatable bonds is 4. The smallest absolute Gasteiger partial charge is 0.253 e. The maximum Gasteiger partial charge on any atom is 0.253 e. The molecule has 1 saturated heterocycles. The maximum absolute atomic E-state index is 12.5. The Kier molecular flexibility index (Phi) is 3.75. The highest BCUT2D eigenvalue weighted by molar-refractivity contribution is 5.82. The highest BCUT2D eigenvalue weighted by atomic mass is 16.5. The number of nitrogens with zero attached hydrogens (tertiary/aromatic N) is 2. The predicted octanol–water partition coefficient (Wildman–Crippen LogP) is 0.561. The lowest BCUT2D eigenvalue weighted by atomic mass is 10.2. The molecule has 1 atom stereocenters. The van der Waals surface area contributed by atoms with E-state index in [0.29, 0.717) is 25.7 Å². The summed E-state index contributed by atoms with van der Waals surface area (Å²) >= 11 is 0. The Morgan fingerprint density at radius 3 is 3.05 bits per heavy atom. The number of carbonyl (C=O) groups is 1. The summed E-state index contributed by atoms with van der Waals surface area (Å²) in [5.74, 6) is 0.110. The minimum atomic E-state index is -0.328. The number of morpholine rings is 1. The Balaban J connectivity index is 1.68. The number of hydrogen-bond donors (Lipinski definition) is 1. The van der Waals surface area contributed by atoms with Crippen LogP contribution in [0.5, 0.6) is 0 Å². The Morgan fingerprint density at radius 1 is 1.53 bits per heavy atom. The fraction of sp³-hybridized carbons (Fsp3) is 0.571. The molecule has 0 bridgehead atoms. The number of ether oxygens (including phenoxy) is 1. The lowest BCUT2D eigenvalue weighted by Gasteiger charge is -2.30. The maximum atomic E-state index is 12.5. The zero-order chi connectivity index (χ0) is 13.1. The van der Waals surface area contributed by atoms with E-state index in [2.05, 4.69) is 10.3 Å². The van der Waals surface area contributed by atoms with Crippen molar-refractivity contribution >= 4 is 5.91 Å². The number of pyridine rings is 1. The second-order valence-corrected chi connectivity index (χ2v) is 5.12. The van der Waals surface area contributed by atoms with Crippen molar-refractivity contribution in [1.29, 1.82) is 0 Å². The Morgan fingerprint density at radius 2 is 2.42 bits per heavy atom. The quantitative estimate of drug-likeness (QED) is 0.860. The average molecular weight is 261 g/mol. The van der Waals surface area contributed by atoms with Crippen LogP contribution < -0.4 is 5.32 Å². The lowest BCUT2D eigenvalue weighted by Crippen LogP contribution is -2.49. The molecule has 1 unspecified atom stereocenters. The van der Waals surface area contributed by atoms with Crippen LogP contribution in [0, 0.1) is 0 Å². The molecule has 1 N–H and O–H groups in total. The van der Waals surface area contributed by atoms with Gasteiger partial charge in [0.15, 0.2) is 0 Å². The van der Waals surface area contributed by atoms with Crippen LogP contribution in [0.25, 0.3) is 0 Å². The third-order valence-corrected chi connectivity index (χ3v) is 3.55. The molecule has 0 radical (unpaired) electrons. The van der Waals surface area contributed by atoms with Gasteiger partial charge in [0.05, 0.1) is 6.61 Å². The van der Waals surface area contributed by atoms with Gasteiger partial charge in [0.25, 0.3) is 5.91 Å². The van der Waals surface area contributed by atoms with Crippen LogP contribution in [0.3, 0.4) is 0 Å². The molecule has 1 amide bonds. The predicted molar refractivity (Wildman–Crippen MR) is 70.4 cm³/mol. The second kappa shape index (κ2) is 5.67. The van der Waals surface area contributed by atoms with E-state index < -0.39 is 0 Å². The Hall–Kier alpha value is -1.46. The van der Waals surface area contributed by atoms with Gasteiger partial charge in [-0.05, 0) is 24.5 Å². The Labute approximate surface area is 113 Å². The van der Waals surface area contributed by atoms with Crippen molar-refractivity contribution < 1.29 is 9.53 Å². The molecule has 5 heteroatoms. The van der Waals surface area contributed by atoms with Crippen LogP contribution in [0.4, 0.5) is 0 Å². The minimum absolute atomic E-state index is 0.110. The molecular weight excluding hydrogens is 242 g/mol. The van der Waals surface area contributed by atoms with Gasteiger partial charge in [-0.25, -0.2) is 0 Å². The van der Waals surface area contributed by atoms with E-state index in [-0.39, 0.29) is 12.0 Å². The summed E-state index contributed by atoms with van der Waals surface area (Å²) in [7, 11) is 0. The average Bonchev–Trinajstić information content (AvgIpc) is 3.31. The van der Waals surface area contributed by atoms with Gasteiger partial charge in [-0.15, -0.1) is 0 Å². The van der Waals surface area contributed by atoms with E-state index in [1.807, 2.05) is 23.2 Å². The SMILES string of the molecule is O=C(C1CNCCO1)N(Cc1cccnc1)C1CC1. The summed E-state index contributed by atoms with van der Waals surface area (Å²) in [6, 6.07) is 4.30. The topological polar surface area (TPSA) is 54.5 Å². The summed E-state index contributed by atoms with van der Waals surface area (Å²) in [6.45, 7) is 2.70. The molecule has 1 aromatic rings. The van der Waals surface area contributed by atoms with E-state index in [0.717, 1.165) is 24.9 Å². The van der Waals surface area contributed by atoms with Gasteiger partial charge in [-0.2, -0.15) is 0 Å². The highest BCUT2D eigenvalue weighted by Gasteiger charge is 2.36. The van der Waals surface area contributed by atoms with Crippen molar-refractivity contribution in [3.05, 3.63) is 30.1 Å². The molecule has 3 rings (SSSR count). The van der Waals surface area contributed by atoms with Gasteiger partial charge in [0.1, 0.15) is 6.10 Å². The van der Waals surface area contributed by atoms with Crippen LogP contribution in [0.1, 0.15) is 18.4 Å². The molecule has 0 aromatic carbocycles. The first kappa shape index (κ1) is 12.6. The van der Waals surface area contributed by atoms with Gasteiger partial charge in [0, 0.05) is 38.1 Å². The number of hydrogen-bond acceptors (Lipinski definition) is 4. The van der Waals surface area contributed by atoms with Gasteiger partial charge < -0.3 is 15.0 Å². The molecule has 5 nitrogen and oxygen atoms in total. The molecule has 1 aliphatic heterocycles. The molecule has 2 heterocycles. The van der Waals surface area contributed by atoms with Gasteiger partial charge in [-0.3, -0.25) is 9.78 Å². The van der Waals surface area contributed by atoms with Gasteiger partial charge in [0.2, 0.25) is 0 Å². The third-order valence-electron chi connectivity index (χ3n) is 3.55. The highest BCUT2D eigenvalue weighted by Crippen LogP contribution is 2.29. The molecule has 2 fully saturated rings. The Bertz CT molecular complexity index is 428. The van der Waals surface area contributed by atoms with E-state index in [4.69, 9.17) is 4.74 Å². The number of carbonyl (C=O) groups excluding carboxylic acids is 1. The van der Waals surface area contributed by atoms with Gasteiger partial charge in [-0.1, -0.05) is 6.07 Å². The fourth-order valence-corrected chi connectivity index (χ4v) is 2.37. The molecule has 1 saturated carbocycles. The molecule has 19 heavy (non-hydrogen) atoms. The van der Waals surface area contributed by atoms with E-state index in [1.54, 1.807) is 6.20 Å². The molecular formula is C14H19N3O2. The molecule has 1 aliphatic carbocycles. The van der Waals surface area contributed by atoms with Crippen LogP contribution in [0.15, 0.2) is 24.5 Å². The summed E-state index contributed by atoms with van der Waals surface area (Å²) in [6.07, 6.45) is 5.45. The first-order valence-corrected chi connectivity index (χ1v) is 6.86. The van der Waals surface area contributed by atoms with Crippen molar-refractivity contribution in [2.45, 2.75) is 31.5 Å². The zero-order valence-corrected chi connectivity index (χ0v) is 10.9. The zero-order valence-electron chi connectivity index (χ0n) is 10.9. The molecule has 0 spiro atoms. The van der Waals surface area contributed by atoms with Crippen LogP contribution >= 0.6 is 0 Å². The monoisotopic (exact) mass is 261 g/mol. The van der Waals surface area contributed by atoms with E-state index in [9.17, 15) is 4.79 Å². The van der Waals surface area contributed by atoms with Gasteiger partial charge >= 0.3 is 0 Å². The lowest BCUT2D eigenvalue weighted by molar-refractivity contribution is -0.146. The summed E-state index contributed by atoms with van der Waals surface area (Å²) in [5, 5.41) is 3.21.